The van der Waals surface area contributed by atoms with Crippen LogP contribution in [0.4, 0.5) is 0 Å². The largest absolute Gasteiger partial charge is 0.508 e. The van der Waals surface area contributed by atoms with Gasteiger partial charge in [0.15, 0.2) is 0 Å². The van der Waals surface area contributed by atoms with Crippen molar-refractivity contribution in [3.63, 3.8) is 0 Å². The summed E-state index contributed by atoms with van der Waals surface area (Å²) in [5, 5.41) is 19.8. The second-order valence-electron chi connectivity index (χ2n) is 9.88. The molecule has 2 aliphatic rings. The summed E-state index contributed by atoms with van der Waals surface area (Å²) in [5.41, 5.74) is 5.05. The van der Waals surface area contributed by atoms with E-state index in [2.05, 4.69) is 25.7 Å². The topological polar surface area (TPSA) is 62.2 Å². The monoisotopic (exact) mass is 471 g/mol. The number of rotatable bonds is 6. The van der Waals surface area contributed by atoms with E-state index in [0.717, 1.165) is 52.6 Å². The van der Waals surface area contributed by atoms with Crippen LogP contribution in [0.25, 0.3) is 11.1 Å². The number of fused-ring (bicyclic) bond motifs is 1. The van der Waals surface area contributed by atoms with E-state index in [1.807, 2.05) is 42.5 Å². The van der Waals surface area contributed by atoms with Crippen molar-refractivity contribution < 1.29 is 19.7 Å². The Morgan fingerprint density at radius 2 is 1.71 bits per heavy atom. The van der Waals surface area contributed by atoms with Crippen LogP contribution in [0.15, 0.2) is 66.7 Å². The molecule has 2 aliphatic heterocycles. The van der Waals surface area contributed by atoms with Crippen molar-refractivity contribution in [3.05, 3.63) is 83.4 Å². The molecular weight excluding hydrogens is 438 g/mol. The molecule has 5 heteroatoms. The standard InChI is InChI=1S/C30H33NO4/c1-19-14-15-31(17-19)20(2)18-34-26-11-6-23(7-12-26)30-29(22-4-8-24(32)9-5-22)21(3)27-13-10-25(33)16-28(27)35-30/h4-13,16,19-20,30,32-33H,14-15,17-18H2,1-3H3. The van der Waals surface area contributed by atoms with Gasteiger partial charge >= 0.3 is 0 Å². The van der Waals surface area contributed by atoms with Crippen LogP contribution in [-0.2, 0) is 0 Å². The highest BCUT2D eigenvalue weighted by Gasteiger charge is 2.30. The molecule has 0 saturated carbocycles. The van der Waals surface area contributed by atoms with Crippen LogP contribution in [0.3, 0.4) is 0 Å². The van der Waals surface area contributed by atoms with E-state index in [1.165, 1.54) is 6.42 Å². The Morgan fingerprint density at radius 1 is 1.00 bits per heavy atom. The van der Waals surface area contributed by atoms with E-state index in [9.17, 15) is 10.2 Å². The van der Waals surface area contributed by atoms with Gasteiger partial charge in [-0.15, -0.1) is 0 Å². The maximum Gasteiger partial charge on any atom is 0.150 e. The smallest absolute Gasteiger partial charge is 0.150 e. The third-order valence-electron chi connectivity index (χ3n) is 7.21. The summed E-state index contributed by atoms with van der Waals surface area (Å²) in [4.78, 5) is 2.50. The third kappa shape index (κ3) is 4.87. The highest BCUT2D eigenvalue weighted by Crippen LogP contribution is 2.47. The summed E-state index contributed by atoms with van der Waals surface area (Å²) in [5.74, 6) is 2.66. The molecule has 3 atom stereocenters. The van der Waals surface area contributed by atoms with Crippen molar-refractivity contribution in [1.29, 1.82) is 0 Å². The number of phenolic OH excluding ortho intramolecular Hbond substituents is 2. The van der Waals surface area contributed by atoms with Gasteiger partial charge in [-0.25, -0.2) is 0 Å². The molecule has 0 aliphatic carbocycles. The van der Waals surface area contributed by atoms with E-state index in [0.29, 0.717) is 18.4 Å². The van der Waals surface area contributed by atoms with Crippen LogP contribution in [0, 0.1) is 5.92 Å². The minimum Gasteiger partial charge on any atom is -0.508 e. The number of benzene rings is 3. The Hall–Kier alpha value is -3.44. The minimum atomic E-state index is -0.354. The Morgan fingerprint density at radius 3 is 2.40 bits per heavy atom. The zero-order chi connectivity index (χ0) is 24.5. The van der Waals surface area contributed by atoms with E-state index in [-0.39, 0.29) is 17.6 Å². The Labute approximate surface area is 207 Å². The highest BCUT2D eigenvalue weighted by atomic mass is 16.5. The van der Waals surface area contributed by atoms with Crippen molar-refractivity contribution in [2.24, 2.45) is 5.92 Å². The number of nitrogens with zero attached hydrogens (tertiary/aromatic N) is 1. The van der Waals surface area contributed by atoms with Gasteiger partial charge < -0.3 is 19.7 Å². The normalized spacial score (nSPS) is 20.9. The molecule has 1 saturated heterocycles. The zero-order valence-electron chi connectivity index (χ0n) is 20.6. The van der Waals surface area contributed by atoms with Crippen LogP contribution in [0.2, 0.25) is 0 Å². The molecule has 2 N–H and O–H groups in total. The lowest BCUT2D eigenvalue weighted by molar-refractivity contribution is 0.169. The molecule has 1 fully saturated rings. The van der Waals surface area contributed by atoms with E-state index < -0.39 is 0 Å². The number of phenols is 2. The second kappa shape index (κ2) is 9.67. The molecule has 35 heavy (non-hydrogen) atoms. The second-order valence-corrected chi connectivity index (χ2v) is 9.88. The number of allylic oxidation sites excluding steroid dienone is 1. The predicted octanol–water partition coefficient (Wildman–Crippen LogP) is 6.27. The molecule has 3 aromatic carbocycles. The highest BCUT2D eigenvalue weighted by molar-refractivity contribution is 5.95. The van der Waals surface area contributed by atoms with Crippen LogP contribution >= 0.6 is 0 Å². The molecule has 5 nitrogen and oxygen atoms in total. The molecule has 0 spiro atoms. The number of aromatic hydroxyl groups is 2. The van der Waals surface area contributed by atoms with Gasteiger partial charge in [0.25, 0.3) is 0 Å². The van der Waals surface area contributed by atoms with Crippen LogP contribution in [0.1, 0.15) is 50.0 Å². The lowest BCUT2D eigenvalue weighted by Crippen LogP contribution is -2.35. The number of hydrogen-bond donors (Lipinski definition) is 2. The van der Waals surface area contributed by atoms with Gasteiger partial charge in [-0.2, -0.15) is 0 Å². The predicted molar refractivity (Wildman–Crippen MR) is 139 cm³/mol. The van der Waals surface area contributed by atoms with Crippen molar-refractivity contribution >= 4 is 11.1 Å². The maximum atomic E-state index is 10.0. The molecular formula is C30H33NO4. The molecule has 5 rings (SSSR count). The van der Waals surface area contributed by atoms with Crippen molar-refractivity contribution in [2.45, 2.75) is 39.3 Å². The first-order chi connectivity index (χ1) is 16.9. The lowest BCUT2D eigenvalue weighted by atomic mass is 9.86. The van der Waals surface area contributed by atoms with Gasteiger partial charge in [0.05, 0.1) is 0 Å². The first kappa shape index (κ1) is 23.3. The Kier molecular flexibility index (Phi) is 6.44. The first-order valence-corrected chi connectivity index (χ1v) is 12.4. The van der Waals surface area contributed by atoms with Gasteiger partial charge in [0, 0.05) is 29.8 Å². The third-order valence-corrected chi connectivity index (χ3v) is 7.21. The maximum absolute atomic E-state index is 10.0. The lowest BCUT2D eigenvalue weighted by Gasteiger charge is -2.31. The van der Waals surface area contributed by atoms with E-state index >= 15 is 0 Å². The molecule has 0 radical (unpaired) electrons. The molecule has 0 bridgehead atoms. The van der Waals surface area contributed by atoms with Gasteiger partial charge in [-0.05, 0) is 85.8 Å². The summed E-state index contributed by atoms with van der Waals surface area (Å²) in [6.07, 6.45) is 0.908. The Bertz CT molecular complexity index is 1220. The zero-order valence-corrected chi connectivity index (χ0v) is 20.6. The molecule has 182 valence electrons. The fourth-order valence-electron chi connectivity index (χ4n) is 5.12. The van der Waals surface area contributed by atoms with Crippen molar-refractivity contribution in [1.82, 2.24) is 4.90 Å². The minimum absolute atomic E-state index is 0.175. The van der Waals surface area contributed by atoms with Crippen molar-refractivity contribution in [3.8, 4) is 23.0 Å². The molecule has 3 aromatic rings. The fraction of sp³-hybridized carbons (Fsp3) is 0.333. The summed E-state index contributed by atoms with van der Waals surface area (Å²) in [7, 11) is 0. The molecule has 3 unspecified atom stereocenters. The average molecular weight is 472 g/mol. The summed E-state index contributed by atoms with van der Waals surface area (Å²) >= 11 is 0. The van der Waals surface area contributed by atoms with E-state index in [1.54, 1.807) is 24.3 Å². The Balaban J connectivity index is 1.40. The number of ether oxygens (including phenoxy) is 2. The summed E-state index contributed by atoms with van der Waals surface area (Å²) < 4.78 is 12.6. The fourth-order valence-corrected chi connectivity index (χ4v) is 5.12. The molecule has 2 heterocycles. The van der Waals surface area contributed by atoms with Gasteiger partial charge in [-0.1, -0.05) is 31.2 Å². The van der Waals surface area contributed by atoms with Gasteiger partial charge in [0.1, 0.15) is 35.7 Å². The average Bonchev–Trinajstić information content (AvgIpc) is 3.30. The first-order valence-electron chi connectivity index (χ1n) is 12.4. The van der Waals surface area contributed by atoms with Crippen molar-refractivity contribution in [2.75, 3.05) is 19.7 Å². The quantitative estimate of drug-likeness (QED) is 0.444. The SMILES string of the molecule is CC1=C(c2ccc(O)cc2)C(c2ccc(OCC(C)N3CCC(C)C3)cc2)Oc2cc(O)ccc21. The van der Waals surface area contributed by atoms with Gasteiger partial charge in [0.2, 0.25) is 0 Å². The van der Waals surface area contributed by atoms with Crippen LogP contribution < -0.4 is 9.47 Å². The van der Waals surface area contributed by atoms with Gasteiger partial charge in [-0.3, -0.25) is 4.90 Å². The van der Waals surface area contributed by atoms with Crippen LogP contribution in [0.5, 0.6) is 23.0 Å². The van der Waals surface area contributed by atoms with E-state index in [4.69, 9.17) is 9.47 Å². The molecule has 0 amide bonds. The number of likely N-dealkylation sites (tertiary alicyclic amines) is 1. The molecule has 0 aromatic heterocycles. The summed E-state index contributed by atoms with van der Waals surface area (Å²) in [6.45, 7) is 9.56. The summed E-state index contributed by atoms with van der Waals surface area (Å²) in [6, 6.07) is 20.9. The van der Waals surface area contributed by atoms with Crippen LogP contribution in [-0.4, -0.2) is 40.9 Å². The number of hydrogen-bond acceptors (Lipinski definition) is 5.